The summed E-state index contributed by atoms with van der Waals surface area (Å²) in [6.07, 6.45) is 13.3. The molecule has 0 saturated heterocycles. The van der Waals surface area contributed by atoms with Crippen molar-refractivity contribution in [3.8, 4) is 0 Å². The van der Waals surface area contributed by atoms with Crippen LogP contribution in [0.4, 0.5) is 0 Å². The summed E-state index contributed by atoms with van der Waals surface area (Å²) in [6.45, 7) is 9.64. The fourth-order valence-electron chi connectivity index (χ4n) is 6.24. The van der Waals surface area contributed by atoms with Crippen molar-refractivity contribution in [2.24, 2.45) is 29.1 Å². The molecule has 3 atom stereocenters. The maximum Gasteiger partial charge on any atom is 0.00980 e. The molecule has 4 aliphatic rings. The van der Waals surface area contributed by atoms with E-state index in [4.69, 9.17) is 0 Å². The number of hydrogen-bond donors (Lipinski definition) is 1. The molecule has 4 saturated carbocycles. The first-order valence-electron chi connectivity index (χ1n) is 9.80. The summed E-state index contributed by atoms with van der Waals surface area (Å²) in [6, 6.07) is 1.47. The van der Waals surface area contributed by atoms with Gasteiger partial charge in [0.1, 0.15) is 0 Å². The van der Waals surface area contributed by atoms with Crippen LogP contribution < -0.4 is 5.32 Å². The largest absolute Gasteiger partial charge is 0.311 e. The minimum Gasteiger partial charge on any atom is -0.311 e. The fraction of sp³-hybridized carbons (Fsp3) is 1.00. The van der Waals surface area contributed by atoms with E-state index < -0.39 is 0 Å². The van der Waals surface area contributed by atoms with Gasteiger partial charge in [0, 0.05) is 12.1 Å². The molecule has 0 radical (unpaired) electrons. The third kappa shape index (κ3) is 3.19. The van der Waals surface area contributed by atoms with Gasteiger partial charge in [-0.25, -0.2) is 0 Å². The van der Waals surface area contributed by atoms with Crippen molar-refractivity contribution in [3.05, 3.63) is 0 Å². The first kappa shape index (κ1) is 15.8. The van der Waals surface area contributed by atoms with Gasteiger partial charge in [0.25, 0.3) is 0 Å². The Bertz CT molecular complexity index is 312. The molecular formula is C20H37N. The Labute approximate surface area is 132 Å². The van der Waals surface area contributed by atoms with E-state index in [0.29, 0.717) is 5.41 Å². The minimum atomic E-state index is 0.664. The third-order valence-corrected chi connectivity index (χ3v) is 7.37. The van der Waals surface area contributed by atoms with Gasteiger partial charge in [0.05, 0.1) is 0 Å². The van der Waals surface area contributed by atoms with E-state index in [2.05, 4.69) is 33.0 Å². The first-order chi connectivity index (χ1) is 10.0. The zero-order valence-corrected chi connectivity index (χ0v) is 14.8. The number of rotatable bonds is 7. The van der Waals surface area contributed by atoms with Crippen LogP contribution in [0.15, 0.2) is 0 Å². The molecule has 0 aromatic carbocycles. The predicted molar refractivity (Wildman–Crippen MR) is 91.4 cm³/mol. The highest BCUT2D eigenvalue weighted by atomic mass is 15.0. The maximum atomic E-state index is 4.09. The molecule has 4 rings (SSSR count). The van der Waals surface area contributed by atoms with E-state index in [1.165, 1.54) is 38.5 Å². The molecule has 122 valence electrons. The van der Waals surface area contributed by atoms with Gasteiger partial charge in [-0.3, -0.25) is 0 Å². The van der Waals surface area contributed by atoms with Crippen molar-refractivity contribution in [1.82, 2.24) is 5.32 Å². The Kier molecular flexibility index (Phi) is 4.69. The van der Waals surface area contributed by atoms with Crippen LogP contribution in [0, 0.1) is 29.1 Å². The normalized spacial score (nSPS) is 42.0. The van der Waals surface area contributed by atoms with E-state index in [1.54, 1.807) is 19.3 Å². The summed E-state index contributed by atoms with van der Waals surface area (Å²) in [5.74, 6) is 4.10. The Morgan fingerprint density at radius 1 is 0.905 bits per heavy atom. The second-order valence-electron chi connectivity index (χ2n) is 9.02. The zero-order chi connectivity index (χ0) is 15.0. The molecule has 0 heterocycles. The molecule has 1 heteroatoms. The first-order valence-corrected chi connectivity index (χ1v) is 9.80. The lowest BCUT2D eigenvalue weighted by Gasteiger charge is -2.59. The summed E-state index contributed by atoms with van der Waals surface area (Å²) >= 11 is 0. The third-order valence-electron chi connectivity index (χ3n) is 7.37. The van der Waals surface area contributed by atoms with E-state index in [9.17, 15) is 0 Å². The Morgan fingerprint density at radius 2 is 1.43 bits per heavy atom. The molecule has 0 spiro atoms. The fourth-order valence-corrected chi connectivity index (χ4v) is 6.24. The molecule has 0 aromatic heterocycles. The van der Waals surface area contributed by atoms with Crippen LogP contribution in [0.3, 0.4) is 0 Å². The smallest absolute Gasteiger partial charge is 0.00980 e. The lowest BCUT2D eigenvalue weighted by Crippen LogP contribution is -2.56. The second-order valence-corrected chi connectivity index (χ2v) is 9.02. The Hall–Kier alpha value is -0.0400. The lowest BCUT2D eigenvalue weighted by atomic mass is 9.48. The van der Waals surface area contributed by atoms with Gasteiger partial charge in [0.15, 0.2) is 0 Å². The highest BCUT2D eigenvalue weighted by Gasteiger charge is 2.53. The molecule has 1 nitrogen and oxygen atoms in total. The predicted octanol–water partition coefficient (Wildman–Crippen LogP) is 5.40. The minimum absolute atomic E-state index is 0.664. The SMILES string of the molecule is CCC(C)CC(CC)NC(C)C12CC3CC(CC(C3)C1)C2. The highest BCUT2D eigenvalue weighted by Crippen LogP contribution is 2.61. The van der Waals surface area contributed by atoms with Gasteiger partial charge in [-0.2, -0.15) is 0 Å². The van der Waals surface area contributed by atoms with E-state index >= 15 is 0 Å². The van der Waals surface area contributed by atoms with Crippen molar-refractivity contribution in [3.63, 3.8) is 0 Å². The topological polar surface area (TPSA) is 12.0 Å². The van der Waals surface area contributed by atoms with Gasteiger partial charge >= 0.3 is 0 Å². The summed E-state index contributed by atoms with van der Waals surface area (Å²) in [5.41, 5.74) is 0.664. The van der Waals surface area contributed by atoms with Crippen LogP contribution in [0.5, 0.6) is 0 Å². The molecule has 21 heavy (non-hydrogen) atoms. The van der Waals surface area contributed by atoms with Crippen LogP contribution >= 0.6 is 0 Å². The molecular weight excluding hydrogens is 254 g/mol. The van der Waals surface area contributed by atoms with Crippen LogP contribution in [0.25, 0.3) is 0 Å². The van der Waals surface area contributed by atoms with Crippen molar-refractivity contribution in [2.45, 2.75) is 97.6 Å². The quantitative estimate of drug-likeness (QED) is 0.662. The average Bonchev–Trinajstić information content (AvgIpc) is 2.44. The van der Waals surface area contributed by atoms with Gasteiger partial charge in [0.2, 0.25) is 0 Å². The molecule has 0 aromatic rings. The van der Waals surface area contributed by atoms with Crippen molar-refractivity contribution >= 4 is 0 Å². The highest BCUT2D eigenvalue weighted by molar-refractivity contribution is 5.05. The molecule has 4 aliphatic carbocycles. The Morgan fingerprint density at radius 3 is 1.86 bits per heavy atom. The summed E-state index contributed by atoms with van der Waals surface area (Å²) < 4.78 is 0. The van der Waals surface area contributed by atoms with Crippen LogP contribution in [0.2, 0.25) is 0 Å². The molecule has 3 unspecified atom stereocenters. The van der Waals surface area contributed by atoms with Crippen molar-refractivity contribution in [2.75, 3.05) is 0 Å². The summed E-state index contributed by atoms with van der Waals surface area (Å²) in [7, 11) is 0. The van der Waals surface area contributed by atoms with E-state index in [0.717, 1.165) is 35.8 Å². The molecule has 4 bridgehead atoms. The standard InChI is InChI=1S/C20H37N/c1-5-14(3)7-19(6-2)21-15(4)20-11-16-8-17(12-20)10-18(9-16)13-20/h14-19,21H,5-13H2,1-4H3. The number of hydrogen-bond acceptors (Lipinski definition) is 1. The van der Waals surface area contributed by atoms with Gasteiger partial charge < -0.3 is 5.32 Å². The van der Waals surface area contributed by atoms with Crippen LogP contribution in [-0.2, 0) is 0 Å². The molecule has 0 aliphatic heterocycles. The summed E-state index contributed by atoms with van der Waals surface area (Å²) in [4.78, 5) is 0. The van der Waals surface area contributed by atoms with Crippen LogP contribution in [-0.4, -0.2) is 12.1 Å². The van der Waals surface area contributed by atoms with Gasteiger partial charge in [-0.1, -0.05) is 27.2 Å². The monoisotopic (exact) mass is 291 g/mol. The second kappa shape index (κ2) is 6.22. The van der Waals surface area contributed by atoms with E-state index in [-0.39, 0.29) is 0 Å². The average molecular weight is 292 g/mol. The van der Waals surface area contributed by atoms with Gasteiger partial charge in [-0.15, -0.1) is 0 Å². The van der Waals surface area contributed by atoms with Crippen molar-refractivity contribution in [1.29, 1.82) is 0 Å². The van der Waals surface area contributed by atoms with Crippen molar-refractivity contribution < 1.29 is 0 Å². The zero-order valence-electron chi connectivity index (χ0n) is 14.8. The number of nitrogens with one attached hydrogen (secondary N) is 1. The van der Waals surface area contributed by atoms with E-state index in [1.807, 2.05) is 0 Å². The molecule has 1 N–H and O–H groups in total. The van der Waals surface area contributed by atoms with Gasteiger partial charge in [-0.05, 0) is 87.4 Å². The molecule has 0 amide bonds. The van der Waals surface area contributed by atoms with Crippen LogP contribution in [0.1, 0.15) is 85.5 Å². The summed E-state index contributed by atoms with van der Waals surface area (Å²) in [5, 5.41) is 4.09. The molecule has 4 fully saturated rings. The lowest BCUT2D eigenvalue weighted by molar-refractivity contribution is -0.0725. The Balaban J connectivity index is 1.63. The maximum absolute atomic E-state index is 4.09.